The molecule has 1 saturated heterocycles. The predicted octanol–water partition coefficient (Wildman–Crippen LogP) is 1.55. The van der Waals surface area contributed by atoms with E-state index in [0.717, 1.165) is 4.31 Å². The van der Waals surface area contributed by atoms with E-state index in [-0.39, 0.29) is 23.7 Å². The van der Waals surface area contributed by atoms with E-state index < -0.39 is 21.9 Å². The number of carboxylic acids is 1. The lowest BCUT2D eigenvalue weighted by Crippen LogP contribution is -2.52. The highest BCUT2D eigenvalue weighted by Crippen LogP contribution is 2.33. The third-order valence-corrected chi connectivity index (χ3v) is 5.37. The second-order valence-electron chi connectivity index (χ2n) is 4.38. The minimum atomic E-state index is -3.73. The summed E-state index contributed by atoms with van der Waals surface area (Å²) >= 11 is 3.23. The maximum atomic E-state index is 12.5. The third kappa shape index (κ3) is 2.82. The van der Waals surface area contributed by atoms with Gasteiger partial charge in [0.2, 0.25) is 10.0 Å². The summed E-state index contributed by atoms with van der Waals surface area (Å²) in [5, 5.41) is 8.82. The van der Waals surface area contributed by atoms with Crippen molar-refractivity contribution in [1.29, 1.82) is 0 Å². The van der Waals surface area contributed by atoms with Crippen LogP contribution in [0.15, 0.2) is 27.6 Å². The van der Waals surface area contributed by atoms with Crippen LogP contribution in [0.3, 0.4) is 0 Å². The summed E-state index contributed by atoms with van der Waals surface area (Å²) in [4.78, 5) is 10.8. The van der Waals surface area contributed by atoms with E-state index in [1.807, 2.05) is 0 Å². The van der Waals surface area contributed by atoms with Gasteiger partial charge in [-0.05, 0) is 25.1 Å². The average Bonchev–Trinajstić information content (AvgIpc) is 2.28. The number of hydrogen-bond donors (Lipinski definition) is 1. The number of hydrogen-bond acceptors (Lipinski definition) is 4. The van der Waals surface area contributed by atoms with Gasteiger partial charge in [-0.25, -0.2) is 8.42 Å². The highest BCUT2D eigenvalue weighted by molar-refractivity contribution is 9.10. The summed E-state index contributed by atoms with van der Waals surface area (Å²) in [7, 11) is -3.73. The minimum absolute atomic E-state index is 0.00422. The van der Waals surface area contributed by atoms with Gasteiger partial charge in [-0.1, -0.05) is 15.9 Å². The molecule has 0 saturated carbocycles. The number of ether oxygens (including phenoxy) is 1. The molecule has 20 heavy (non-hydrogen) atoms. The van der Waals surface area contributed by atoms with Crippen molar-refractivity contribution in [2.45, 2.75) is 11.8 Å². The quantitative estimate of drug-likeness (QED) is 0.857. The van der Waals surface area contributed by atoms with Crippen LogP contribution in [0.4, 0.5) is 0 Å². The molecule has 1 N–H and O–H groups in total. The van der Waals surface area contributed by atoms with E-state index in [4.69, 9.17) is 9.84 Å². The predicted molar refractivity (Wildman–Crippen MR) is 75.2 cm³/mol. The first-order valence-electron chi connectivity index (χ1n) is 6.01. The van der Waals surface area contributed by atoms with Crippen molar-refractivity contribution in [3.05, 3.63) is 22.7 Å². The van der Waals surface area contributed by atoms with Gasteiger partial charge in [-0.3, -0.25) is 4.79 Å². The molecule has 0 atom stereocenters. The Balaban J connectivity index is 2.30. The van der Waals surface area contributed by atoms with Crippen LogP contribution in [0.5, 0.6) is 5.75 Å². The van der Waals surface area contributed by atoms with Crippen LogP contribution in [0.25, 0.3) is 0 Å². The number of benzene rings is 1. The summed E-state index contributed by atoms with van der Waals surface area (Å²) < 4.78 is 32.0. The van der Waals surface area contributed by atoms with Gasteiger partial charge in [-0.15, -0.1) is 0 Å². The Morgan fingerprint density at radius 3 is 2.70 bits per heavy atom. The molecule has 1 aliphatic rings. The summed E-state index contributed by atoms with van der Waals surface area (Å²) in [5.74, 6) is -1.34. The summed E-state index contributed by atoms with van der Waals surface area (Å²) in [6.07, 6.45) is 0. The number of rotatable bonds is 5. The molecule has 1 aromatic carbocycles. The third-order valence-electron chi connectivity index (χ3n) is 3.02. The van der Waals surface area contributed by atoms with E-state index in [1.54, 1.807) is 19.1 Å². The molecule has 0 radical (unpaired) electrons. The zero-order valence-electron chi connectivity index (χ0n) is 10.7. The SMILES string of the molecule is CCOc1ccc(Br)cc1S(=O)(=O)N1CC(C(=O)O)C1. The number of carbonyl (C=O) groups is 1. The zero-order chi connectivity index (χ0) is 14.9. The smallest absolute Gasteiger partial charge is 0.309 e. The molecule has 1 aromatic rings. The molecule has 2 rings (SSSR count). The monoisotopic (exact) mass is 363 g/mol. The van der Waals surface area contributed by atoms with Gasteiger partial charge in [-0.2, -0.15) is 4.31 Å². The second-order valence-corrected chi connectivity index (χ2v) is 7.20. The van der Waals surface area contributed by atoms with Crippen LogP contribution in [0, 0.1) is 5.92 Å². The van der Waals surface area contributed by atoms with Gasteiger partial charge in [0.15, 0.2) is 0 Å². The Bertz CT molecular complexity index is 625. The van der Waals surface area contributed by atoms with Gasteiger partial charge in [0, 0.05) is 17.6 Å². The van der Waals surface area contributed by atoms with E-state index in [0.29, 0.717) is 11.1 Å². The van der Waals surface area contributed by atoms with E-state index in [9.17, 15) is 13.2 Å². The van der Waals surface area contributed by atoms with E-state index in [1.165, 1.54) is 6.07 Å². The number of aliphatic carboxylic acids is 1. The first kappa shape index (κ1) is 15.3. The van der Waals surface area contributed by atoms with E-state index >= 15 is 0 Å². The van der Waals surface area contributed by atoms with E-state index in [2.05, 4.69) is 15.9 Å². The number of nitrogens with zero attached hydrogens (tertiary/aromatic N) is 1. The average molecular weight is 364 g/mol. The Kier molecular flexibility index (Phi) is 4.36. The Morgan fingerprint density at radius 2 is 2.15 bits per heavy atom. The topological polar surface area (TPSA) is 83.9 Å². The Labute approximate surface area is 125 Å². The van der Waals surface area contributed by atoms with Gasteiger partial charge < -0.3 is 9.84 Å². The van der Waals surface area contributed by atoms with Crippen molar-refractivity contribution in [2.75, 3.05) is 19.7 Å². The lowest BCUT2D eigenvalue weighted by molar-refractivity contribution is -0.145. The molecule has 1 heterocycles. The summed E-state index contributed by atoms with van der Waals surface area (Å²) in [5.41, 5.74) is 0. The lowest BCUT2D eigenvalue weighted by Gasteiger charge is -2.35. The number of halogens is 1. The highest BCUT2D eigenvalue weighted by atomic mass is 79.9. The molecular weight excluding hydrogens is 350 g/mol. The normalized spacial score (nSPS) is 16.7. The lowest BCUT2D eigenvalue weighted by atomic mass is 10.0. The fourth-order valence-corrected chi connectivity index (χ4v) is 4.09. The molecular formula is C12H14BrNO5S. The first-order chi connectivity index (χ1) is 9.36. The molecule has 6 nitrogen and oxygen atoms in total. The van der Waals surface area contributed by atoms with Gasteiger partial charge in [0.1, 0.15) is 10.6 Å². The summed E-state index contributed by atoms with van der Waals surface area (Å²) in [6, 6.07) is 4.74. The number of carboxylic acid groups (broad SMARTS) is 1. The van der Waals surface area contributed by atoms with Crippen LogP contribution in [0.2, 0.25) is 0 Å². The second kappa shape index (κ2) is 5.71. The van der Waals surface area contributed by atoms with Crippen LogP contribution < -0.4 is 4.74 Å². The van der Waals surface area contributed by atoms with Crippen molar-refractivity contribution in [3.8, 4) is 5.75 Å². The minimum Gasteiger partial charge on any atom is -0.492 e. The fourth-order valence-electron chi connectivity index (χ4n) is 1.89. The molecule has 0 spiro atoms. The van der Waals surface area contributed by atoms with Crippen LogP contribution in [-0.2, 0) is 14.8 Å². The van der Waals surface area contributed by atoms with Gasteiger partial charge >= 0.3 is 5.97 Å². The molecule has 0 aromatic heterocycles. The first-order valence-corrected chi connectivity index (χ1v) is 8.25. The summed E-state index contributed by atoms with van der Waals surface area (Å²) in [6.45, 7) is 2.11. The van der Waals surface area contributed by atoms with Crippen LogP contribution in [-0.4, -0.2) is 43.5 Å². The molecule has 1 aliphatic heterocycles. The van der Waals surface area contributed by atoms with Crippen LogP contribution in [0.1, 0.15) is 6.92 Å². The maximum Gasteiger partial charge on any atom is 0.309 e. The van der Waals surface area contributed by atoms with Gasteiger partial charge in [0.05, 0.1) is 12.5 Å². The molecule has 0 aliphatic carbocycles. The highest BCUT2D eigenvalue weighted by Gasteiger charge is 2.41. The maximum absolute atomic E-state index is 12.5. The molecule has 0 amide bonds. The van der Waals surface area contributed by atoms with Crippen molar-refractivity contribution >= 4 is 31.9 Å². The largest absolute Gasteiger partial charge is 0.492 e. The molecule has 0 bridgehead atoms. The van der Waals surface area contributed by atoms with Crippen molar-refractivity contribution in [3.63, 3.8) is 0 Å². The van der Waals surface area contributed by atoms with Crippen LogP contribution >= 0.6 is 15.9 Å². The molecule has 8 heteroatoms. The van der Waals surface area contributed by atoms with Crippen molar-refractivity contribution < 1.29 is 23.1 Å². The Morgan fingerprint density at radius 1 is 1.50 bits per heavy atom. The molecule has 1 fully saturated rings. The van der Waals surface area contributed by atoms with Crippen molar-refractivity contribution in [2.24, 2.45) is 5.92 Å². The van der Waals surface area contributed by atoms with Crippen molar-refractivity contribution in [1.82, 2.24) is 4.31 Å². The fraction of sp³-hybridized carbons (Fsp3) is 0.417. The molecule has 0 unspecified atom stereocenters. The zero-order valence-corrected chi connectivity index (χ0v) is 13.1. The number of sulfonamides is 1. The molecule has 110 valence electrons. The Hall–Kier alpha value is -1.12. The van der Waals surface area contributed by atoms with Gasteiger partial charge in [0.25, 0.3) is 0 Å². The standard InChI is InChI=1S/C12H14BrNO5S/c1-2-19-10-4-3-9(13)5-11(10)20(17,18)14-6-8(7-14)12(15)16/h3-5,8H,2,6-7H2,1H3,(H,15,16).